The summed E-state index contributed by atoms with van der Waals surface area (Å²) in [5.74, 6) is -0.386. The molecule has 11 heteroatoms. The van der Waals surface area contributed by atoms with Gasteiger partial charge in [-0.15, -0.1) is 4.72 Å². The fraction of sp³-hybridized carbons (Fsp3) is 0.542. The van der Waals surface area contributed by atoms with Gasteiger partial charge in [-0.2, -0.15) is 0 Å². The summed E-state index contributed by atoms with van der Waals surface area (Å²) >= 11 is -2.14. The second-order valence-electron chi connectivity index (χ2n) is 8.51. The zero-order chi connectivity index (χ0) is 25.4. The second kappa shape index (κ2) is 12.9. The van der Waals surface area contributed by atoms with Crippen LogP contribution in [0.5, 0.6) is 0 Å². The lowest BCUT2D eigenvalue weighted by molar-refractivity contribution is -0.128. The van der Waals surface area contributed by atoms with Crippen molar-refractivity contribution in [3.8, 4) is 0 Å². The summed E-state index contributed by atoms with van der Waals surface area (Å²) in [7, 11) is 4.63. The van der Waals surface area contributed by atoms with Crippen molar-refractivity contribution < 1.29 is 23.6 Å². The van der Waals surface area contributed by atoms with Crippen LogP contribution in [0.3, 0.4) is 0 Å². The number of aryl methyl sites for hydroxylation is 2. The number of ether oxygens (including phenoxy) is 2. The van der Waals surface area contributed by atoms with E-state index in [9.17, 15) is 14.1 Å². The molecule has 35 heavy (non-hydrogen) atoms. The molecule has 0 aliphatic heterocycles. The van der Waals surface area contributed by atoms with Crippen molar-refractivity contribution >= 4 is 34.0 Å². The highest BCUT2D eigenvalue weighted by Gasteiger charge is 2.27. The number of rotatable bonds is 10. The highest BCUT2D eigenvalue weighted by atomic mass is 32.2. The van der Waals surface area contributed by atoms with E-state index in [0.717, 1.165) is 55.3 Å². The van der Waals surface area contributed by atoms with Gasteiger partial charge in [0, 0.05) is 46.1 Å². The molecule has 0 fully saturated rings. The van der Waals surface area contributed by atoms with Crippen molar-refractivity contribution in [3.05, 3.63) is 40.1 Å². The number of benzene rings is 1. The summed E-state index contributed by atoms with van der Waals surface area (Å²) < 4.78 is 25.1. The number of nitrogens with zero attached hydrogens (tertiary/aromatic N) is 1. The first kappa shape index (κ1) is 27.0. The Hall–Kier alpha value is -2.60. The monoisotopic (exact) mass is 505 g/mol. The molecule has 3 amide bonds. The average Bonchev–Trinajstić information content (AvgIpc) is 3.51. The van der Waals surface area contributed by atoms with Crippen molar-refractivity contribution in [2.45, 2.75) is 38.5 Å². The Morgan fingerprint density at radius 3 is 2.17 bits per heavy atom. The Labute approximate surface area is 209 Å². The molecule has 0 saturated heterocycles. The first-order valence-electron chi connectivity index (χ1n) is 11.8. The van der Waals surface area contributed by atoms with E-state index in [1.807, 2.05) is 0 Å². The summed E-state index contributed by atoms with van der Waals surface area (Å²) in [5, 5.41) is 13.4. The molecule has 0 heterocycles. The lowest BCUT2D eigenvalue weighted by Gasteiger charge is -2.23. The van der Waals surface area contributed by atoms with Crippen LogP contribution in [-0.2, 0) is 51.3 Å². The third-order valence-corrected chi connectivity index (χ3v) is 7.18. The fourth-order valence-corrected chi connectivity index (χ4v) is 5.11. The summed E-state index contributed by atoms with van der Waals surface area (Å²) in [6.45, 7) is 1.34. The van der Waals surface area contributed by atoms with Crippen LogP contribution >= 0.6 is 0 Å². The maximum absolute atomic E-state index is 12.9. The smallest absolute Gasteiger partial charge is 0.361 e. The first-order chi connectivity index (χ1) is 16.9. The Balaban J connectivity index is 1.66. The Kier molecular flexibility index (Phi) is 9.96. The highest BCUT2D eigenvalue weighted by molar-refractivity contribution is 8.05. The number of hydrogen-bond donors (Lipinski definition) is 4. The number of anilines is 1. The van der Waals surface area contributed by atoms with E-state index < -0.39 is 22.4 Å². The maximum atomic E-state index is 12.9. The van der Waals surface area contributed by atoms with Gasteiger partial charge in [0.2, 0.25) is 0 Å². The van der Waals surface area contributed by atoms with E-state index in [-0.39, 0.29) is 11.6 Å². The van der Waals surface area contributed by atoms with Gasteiger partial charge in [0.15, 0.2) is 0 Å². The fourth-order valence-electron chi connectivity index (χ4n) is 4.56. The maximum Gasteiger partial charge on any atom is 0.361 e. The van der Waals surface area contributed by atoms with E-state index in [1.165, 1.54) is 22.1 Å². The quantitative estimate of drug-likeness (QED) is 0.165. The van der Waals surface area contributed by atoms with Crippen LogP contribution in [0, 0.1) is 5.41 Å². The minimum atomic E-state index is -2.14. The standard InChI is InChI=1S/C24H35N5O5S/c1-26-20(23(30)29(10-12-33-2)11-13-34-3)15-21(25)35(32)28-24(31)27-22-18-8-4-6-16(18)14-17-7-5-9-19(17)22/h14-15,25-26H,4-13H2,1-3H3,(H2,27,28,31)/b20-15-,25-21?. The van der Waals surface area contributed by atoms with Gasteiger partial charge < -0.3 is 29.6 Å². The third-order valence-electron chi connectivity index (χ3n) is 6.29. The lowest BCUT2D eigenvalue weighted by Crippen LogP contribution is -2.41. The van der Waals surface area contributed by atoms with Crippen LogP contribution < -0.4 is 15.4 Å². The summed E-state index contributed by atoms with van der Waals surface area (Å²) in [4.78, 5) is 27.1. The molecule has 0 saturated carbocycles. The number of amides is 3. The van der Waals surface area contributed by atoms with Gasteiger partial charge in [-0.25, -0.2) is 4.79 Å². The number of urea groups is 1. The number of likely N-dealkylation sites (N-methyl/N-ethyl adjacent to an activating group) is 1. The molecule has 192 valence electrons. The first-order valence-corrected chi connectivity index (χ1v) is 13.0. The van der Waals surface area contributed by atoms with Crippen LogP contribution in [0.2, 0.25) is 0 Å². The zero-order valence-corrected chi connectivity index (χ0v) is 21.4. The Morgan fingerprint density at radius 2 is 1.66 bits per heavy atom. The molecule has 2 aliphatic carbocycles. The highest BCUT2D eigenvalue weighted by Crippen LogP contribution is 2.38. The lowest BCUT2D eigenvalue weighted by atomic mass is 9.99. The molecule has 10 nitrogen and oxygen atoms in total. The van der Waals surface area contributed by atoms with Gasteiger partial charge in [-0.05, 0) is 60.8 Å². The minimum absolute atomic E-state index is 0.0801. The number of carbonyl (C=O) groups excluding carboxylic acids is 2. The number of methoxy groups -OCH3 is 2. The van der Waals surface area contributed by atoms with E-state index in [0.29, 0.717) is 26.3 Å². The van der Waals surface area contributed by atoms with E-state index in [2.05, 4.69) is 21.4 Å². The summed E-state index contributed by atoms with van der Waals surface area (Å²) in [6.07, 6.45) is 7.13. The SMILES string of the molecule is CN/C(=C\C(=N)[S+]([O-])NC(=O)Nc1c2c(cc3c1CCC3)CCC2)C(=O)N(CCOC)CCOC. The summed E-state index contributed by atoms with van der Waals surface area (Å²) in [5.41, 5.74) is 5.80. The molecule has 1 aromatic rings. The average molecular weight is 506 g/mol. The largest absolute Gasteiger partial charge is 0.586 e. The third kappa shape index (κ3) is 6.75. The Morgan fingerprint density at radius 1 is 1.09 bits per heavy atom. The molecule has 0 spiro atoms. The molecule has 1 aromatic carbocycles. The van der Waals surface area contributed by atoms with Crippen molar-refractivity contribution in [2.24, 2.45) is 0 Å². The normalized spacial score (nSPS) is 15.3. The molecule has 0 aromatic heterocycles. The number of fused-ring (bicyclic) bond motifs is 2. The van der Waals surface area contributed by atoms with Gasteiger partial charge >= 0.3 is 6.03 Å². The second-order valence-corrected chi connectivity index (χ2v) is 9.69. The molecule has 3 rings (SSSR count). The minimum Gasteiger partial charge on any atom is -0.586 e. The topological polar surface area (TPSA) is 139 Å². The van der Waals surface area contributed by atoms with Crippen LogP contribution in [0.4, 0.5) is 10.5 Å². The van der Waals surface area contributed by atoms with Crippen molar-refractivity contribution in [3.63, 3.8) is 0 Å². The predicted octanol–water partition coefficient (Wildman–Crippen LogP) is 1.65. The molecular formula is C24H35N5O5S. The number of nitrogens with one attached hydrogen (secondary N) is 4. The molecule has 4 N–H and O–H groups in total. The van der Waals surface area contributed by atoms with Crippen molar-refractivity contribution in [1.82, 2.24) is 14.9 Å². The van der Waals surface area contributed by atoms with Gasteiger partial charge in [0.05, 0.1) is 13.2 Å². The molecular weight excluding hydrogens is 470 g/mol. The van der Waals surface area contributed by atoms with Crippen LogP contribution in [0.25, 0.3) is 0 Å². The summed E-state index contributed by atoms with van der Waals surface area (Å²) in [6, 6.07) is 1.64. The van der Waals surface area contributed by atoms with Gasteiger partial charge in [0.25, 0.3) is 11.0 Å². The van der Waals surface area contributed by atoms with E-state index in [4.69, 9.17) is 14.9 Å². The zero-order valence-electron chi connectivity index (χ0n) is 20.6. The van der Waals surface area contributed by atoms with Gasteiger partial charge in [-0.3, -0.25) is 10.2 Å². The van der Waals surface area contributed by atoms with Crippen molar-refractivity contribution in [2.75, 3.05) is 52.9 Å². The predicted molar refractivity (Wildman–Crippen MR) is 136 cm³/mol. The van der Waals surface area contributed by atoms with Gasteiger partial charge in [-0.1, -0.05) is 6.07 Å². The van der Waals surface area contributed by atoms with Crippen LogP contribution in [0.15, 0.2) is 17.8 Å². The van der Waals surface area contributed by atoms with E-state index in [1.54, 1.807) is 21.3 Å². The number of hydrogen-bond acceptors (Lipinski definition) is 7. The number of carbonyl (C=O) groups is 2. The Bertz CT molecular complexity index is 943. The molecule has 1 atom stereocenters. The van der Waals surface area contributed by atoms with Crippen LogP contribution in [0.1, 0.15) is 35.1 Å². The van der Waals surface area contributed by atoms with Gasteiger partial charge in [0.1, 0.15) is 17.1 Å². The van der Waals surface area contributed by atoms with Crippen molar-refractivity contribution in [1.29, 1.82) is 5.41 Å². The molecule has 0 bridgehead atoms. The molecule has 1 unspecified atom stereocenters. The molecule has 2 aliphatic rings. The van der Waals surface area contributed by atoms with E-state index >= 15 is 0 Å². The van der Waals surface area contributed by atoms with Crippen LogP contribution in [-0.4, -0.2) is 74.0 Å². The molecule has 0 radical (unpaired) electrons.